The quantitative estimate of drug-likeness (QED) is 0.843. The number of nitrogens with one attached hydrogen (secondary N) is 1. The van der Waals surface area contributed by atoms with E-state index < -0.39 is 18.3 Å². The number of aliphatic hydroxyl groups is 1. The van der Waals surface area contributed by atoms with Crippen LogP contribution < -0.4 is 5.32 Å². The summed E-state index contributed by atoms with van der Waals surface area (Å²) in [6, 6.07) is 7.53. The van der Waals surface area contributed by atoms with Gasteiger partial charge in [0.25, 0.3) is 0 Å². The van der Waals surface area contributed by atoms with Gasteiger partial charge >= 0.3 is 6.09 Å². The van der Waals surface area contributed by atoms with E-state index in [1.807, 2.05) is 38.1 Å². The summed E-state index contributed by atoms with van der Waals surface area (Å²) in [5.74, 6) is 0. The molecule has 0 bridgehead atoms. The molecule has 0 aliphatic heterocycles. The predicted octanol–water partition coefficient (Wildman–Crippen LogP) is 2.16. The summed E-state index contributed by atoms with van der Waals surface area (Å²) in [7, 11) is 1.50. The first kappa shape index (κ1) is 13.5. The predicted molar refractivity (Wildman–Crippen MR) is 65.8 cm³/mol. The normalized spacial score (nSPS) is 13.9. The van der Waals surface area contributed by atoms with Gasteiger partial charge in [-0.15, -0.1) is 0 Å². The van der Waals surface area contributed by atoms with Crippen LogP contribution in [-0.2, 0) is 4.74 Å². The highest BCUT2D eigenvalue weighted by molar-refractivity contribution is 5.66. The van der Waals surface area contributed by atoms with Crippen molar-refractivity contribution in [2.24, 2.45) is 0 Å². The molecule has 0 aliphatic carbocycles. The van der Waals surface area contributed by atoms with E-state index in [2.05, 4.69) is 5.32 Å². The molecule has 0 saturated heterocycles. The van der Waals surface area contributed by atoms with E-state index in [-0.39, 0.29) is 0 Å². The van der Waals surface area contributed by atoms with Crippen LogP contribution in [0.2, 0.25) is 0 Å². The average molecular weight is 237 g/mol. The lowest BCUT2D eigenvalue weighted by molar-refractivity contribution is 0.000135. The van der Waals surface area contributed by atoms with Crippen molar-refractivity contribution in [3.05, 3.63) is 35.4 Å². The Labute approximate surface area is 102 Å². The Morgan fingerprint density at radius 3 is 2.65 bits per heavy atom. The zero-order valence-electron chi connectivity index (χ0n) is 10.4. The summed E-state index contributed by atoms with van der Waals surface area (Å²) < 4.78 is 5.12. The molecule has 2 N–H and O–H groups in total. The Bertz CT molecular complexity index is 379. The van der Waals surface area contributed by atoms with Crippen LogP contribution in [-0.4, -0.2) is 24.4 Å². The maximum atomic E-state index is 11.2. The summed E-state index contributed by atoms with van der Waals surface area (Å²) in [6.07, 6.45) is -1.29. The van der Waals surface area contributed by atoms with Crippen molar-refractivity contribution in [2.45, 2.75) is 32.5 Å². The molecule has 1 aromatic rings. The van der Waals surface area contributed by atoms with Gasteiger partial charge in [0.05, 0.1) is 0 Å². The molecule has 1 aromatic carbocycles. The van der Waals surface area contributed by atoms with Crippen molar-refractivity contribution < 1.29 is 14.6 Å². The van der Waals surface area contributed by atoms with Crippen LogP contribution in [0.4, 0.5) is 4.79 Å². The molecule has 94 valence electrons. The first-order valence-electron chi connectivity index (χ1n) is 5.72. The molecule has 0 aliphatic rings. The Morgan fingerprint density at radius 1 is 1.47 bits per heavy atom. The Morgan fingerprint density at radius 2 is 2.12 bits per heavy atom. The maximum absolute atomic E-state index is 11.2. The molecular weight excluding hydrogens is 218 g/mol. The fourth-order valence-electron chi connectivity index (χ4n) is 1.69. The van der Waals surface area contributed by atoms with Gasteiger partial charge in [-0.3, -0.25) is 0 Å². The molecule has 0 fully saturated rings. The standard InChI is InChI=1S/C13H19NO3/c1-4-11(17-13(16)14-3)12(15)10-8-6-5-7-9(10)2/h5-8,11-12,15H,4H2,1-3H3,(H,14,16). The number of alkyl carbamates (subject to hydrolysis) is 1. The number of benzene rings is 1. The van der Waals surface area contributed by atoms with E-state index in [9.17, 15) is 9.90 Å². The van der Waals surface area contributed by atoms with Crippen molar-refractivity contribution in [3.63, 3.8) is 0 Å². The maximum Gasteiger partial charge on any atom is 0.407 e. The molecule has 0 radical (unpaired) electrons. The lowest BCUT2D eigenvalue weighted by atomic mass is 9.98. The summed E-state index contributed by atoms with van der Waals surface area (Å²) in [6.45, 7) is 3.79. The molecule has 0 heterocycles. The van der Waals surface area contributed by atoms with Gasteiger partial charge in [-0.25, -0.2) is 4.79 Å². The van der Waals surface area contributed by atoms with Gasteiger partial charge in [0.1, 0.15) is 12.2 Å². The number of carbonyl (C=O) groups excluding carboxylic acids is 1. The number of rotatable bonds is 4. The van der Waals surface area contributed by atoms with Crippen molar-refractivity contribution in [2.75, 3.05) is 7.05 Å². The monoisotopic (exact) mass is 237 g/mol. The first-order valence-corrected chi connectivity index (χ1v) is 5.72. The summed E-state index contributed by atoms with van der Waals surface area (Å²) in [5, 5.41) is 12.6. The second kappa shape index (κ2) is 6.25. The molecule has 4 nitrogen and oxygen atoms in total. The molecule has 1 amide bonds. The lowest BCUT2D eigenvalue weighted by Gasteiger charge is -2.23. The van der Waals surface area contributed by atoms with Gasteiger partial charge in [-0.05, 0) is 24.5 Å². The van der Waals surface area contributed by atoms with Gasteiger partial charge in [0, 0.05) is 7.05 Å². The van der Waals surface area contributed by atoms with Crippen LogP contribution in [0.3, 0.4) is 0 Å². The zero-order chi connectivity index (χ0) is 12.8. The van der Waals surface area contributed by atoms with Crippen LogP contribution in [0.25, 0.3) is 0 Å². The molecule has 0 spiro atoms. The molecule has 0 aromatic heterocycles. The van der Waals surface area contributed by atoms with Crippen LogP contribution in [0.5, 0.6) is 0 Å². The van der Waals surface area contributed by atoms with E-state index in [0.29, 0.717) is 6.42 Å². The first-order chi connectivity index (χ1) is 8.10. The highest BCUT2D eigenvalue weighted by atomic mass is 16.6. The number of amides is 1. The number of ether oxygens (including phenoxy) is 1. The summed E-state index contributed by atoms with van der Waals surface area (Å²) >= 11 is 0. The minimum Gasteiger partial charge on any atom is -0.443 e. The minimum atomic E-state index is -0.793. The second-order valence-corrected chi connectivity index (χ2v) is 3.90. The van der Waals surface area contributed by atoms with Crippen molar-refractivity contribution in [1.82, 2.24) is 5.32 Å². The SMILES string of the molecule is CCC(OC(=O)NC)C(O)c1ccccc1C. The van der Waals surface area contributed by atoms with Crippen LogP contribution in [0.1, 0.15) is 30.6 Å². The third-order valence-corrected chi connectivity index (χ3v) is 2.72. The molecule has 0 saturated carbocycles. The van der Waals surface area contributed by atoms with Gasteiger partial charge in [-0.1, -0.05) is 31.2 Å². The van der Waals surface area contributed by atoms with Crippen molar-refractivity contribution in [1.29, 1.82) is 0 Å². The Kier molecular flexibility index (Phi) is 4.97. The molecule has 2 atom stereocenters. The lowest BCUT2D eigenvalue weighted by Crippen LogP contribution is -2.30. The molecule has 17 heavy (non-hydrogen) atoms. The van der Waals surface area contributed by atoms with Crippen molar-refractivity contribution in [3.8, 4) is 0 Å². The number of hydrogen-bond donors (Lipinski definition) is 2. The summed E-state index contributed by atoms with van der Waals surface area (Å²) in [5.41, 5.74) is 1.78. The van der Waals surface area contributed by atoms with E-state index >= 15 is 0 Å². The largest absolute Gasteiger partial charge is 0.443 e. The van der Waals surface area contributed by atoms with E-state index in [1.54, 1.807) is 0 Å². The smallest absolute Gasteiger partial charge is 0.407 e. The molecule has 2 unspecified atom stereocenters. The topological polar surface area (TPSA) is 58.6 Å². The highest BCUT2D eigenvalue weighted by Crippen LogP contribution is 2.24. The Balaban J connectivity index is 2.82. The van der Waals surface area contributed by atoms with Crippen molar-refractivity contribution >= 4 is 6.09 Å². The highest BCUT2D eigenvalue weighted by Gasteiger charge is 2.23. The van der Waals surface area contributed by atoms with Gasteiger partial charge < -0.3 is 15.2 Å². The zero-order valence-corrected chi connectivity index (χ0v) is 10.4. The van der Waals surface area contributed by atoms with Crippen LogP contribution in [0.15, 0.2) is 24.3 Å². The second-order valence-electron chi connectivity index (χ2n) is 3.90. The number of carbonyl (C=O) groups is 1. The van der Waals surface area contributed by atoms with Crippen LogP contribution >= 0.6 is 0 Å². The van der Waals surface area contributed by atoms with E-state index in [0.717, 1.165) is 11.1 Å². The minimum absolute atomic E-state index is 0.524. The number of aryl methyl sites for hydroxylation is 1. The third kappa shape index (κ3) is 3.46. The number of aliphatic hydroxyl groups excluding tert-OH is 1. The van der Waals surface area contributed by atoms with Crippen LogP contribution in [0, 0.1) is 6.92 Å². The molecular formula is C13H19NO3. The molecule has 1 rings (SSSR count). The average Bonchev–Trinajstić information content (AvgIpc) is 2.35. The van der Waals surface area contributed by atoms with E-state index in [1.165, 1.54) is 7.05 Å². The summed E-state index contributed by atoms with van der Waals surface area (Å²) in [4.78, 5) is 11.2. The third-order valence-electron chi connectivity index (χ3n) is 2.72. The van der Waals surface area contributed by atoms with Gasteiger partial charge in [-0.2, -0.15) is 0 Å². The fraction of sp³-hybridized carbons (Fsp3) is 0.462. The number of hydrogen-bond acceptors (Lipinski definition) is 3. The fourth-order valence-corrected chi connectivity index (χ4v) is 1.69. The molecule has 4 heteroatoms. The Hall–Kier alpha value is -1.55. The van der Waals surface area contributed by atoms with E-state index in [4.69, 9.17) is 4.74 Å². The van der Waals surface area contributed by atoms with Gasteiger partial charge in [0.15, 0.2) is 0 Å². The van der Waals surface area contributed by atoms with Gasteiger partial charge in [0.2, 0.25) is 0 Å².